The maximum atomic E-state index is 12.3. The van der Waals surface area contributed by atoms with Gasteiger partial charge in [-0.2, -0.15) is 0 Å². The van der Waals surface area contributed by atoms with Crippen molar-refractivity contribution in [3.8, 4) is 0 Å². The smallest absolute Gasteiger partial charge is 0.253 e. The molecule has 0 unspecified atom stereocenters. The van der Waals surface area contributed by atoms with E-state index in [-0.39, 0.29) is 5.91 Å². The van der Waals surface area contributed by atoms with E-state index in [0.717, 1.165) is 31.3 Å². The minimum atomic E-state index is 0.0208. The number of alkyl halides is 1. The Morgan fingerprint density at radius 3 is 2.28 bits per heavy atom. The minimum Gasteiger partial charge on any atom is -0.339 e. The van der Waals surface area contributed by atoms with Crippen LogP contribution < -0.4 is 0 Å². The molecule has 1 aliphatic rings. The third kappa shape index (κ3) is 3.40. The molecule has 2 rings (SSSR count). The normalized spacial score (nSPS) is 16.9. The van der Waals surface area contributed by atoms with Gasteiger partial charge in [0.15, 0.2) is 0 Å². The molecule has 1 aromatic rings. The number of carbonyl (C=O) groups is 1. The summed E-state index contributed by atoms with van der Waals surface area (Å²) in [4.78, 5) is 14.2. The summed E-state index contributed by atoms with van der Waals surface area (Å²) in [7, 11) is 0. The number of amides is 1. The fourth-order valence-electron chi connectivity index (χ4n) is 2.15. The quantitative estimate of drug-likeness (QED) is 0.730. The number of piperidine rings is 1. The van der Waals surface area contributed by atoms with Gasteiger partial charge in [-0.05, 0) is 37.0 Å². The van der Waals surface area contributed by atoms with E-state index in [4.69, 9.17) is 23.2 Å². The lowest BCUT2D eigenvalue weighted by Crippen LogP contribution is -2.38. The maximum Gasteiger partial charge on any atom is 0.253 e. The number of likely N-dealkylation sites (tertiary alicyclic amines) is 1. The van der Waals surface area contributed by atoms with Crippen LogP contribution in [0.4, 0.5) is 0 Å². The number of halogens is 3. The molecule has 1 amide bonds. The molecule has 0 aliphatic carbocycles. The van der Waals surface area contributed by atoms with Gasteiger partial charge in [-0.25, -0.2) is 0 Å². The number of benzene rings is 1. The monoisotopic (exact) mass is 349 g/mol. The molecule has 0 atom stereocenters. The molecule has 0 spiro atoms. The zero-order valence-electron chi connectivity index (χ0n) is 9.83. The van der Waals surface area contributed by atoms with E-state index in [1.807, 2.05) is 4.90 Å². The number of nitrogens with zero attached hydrogens (tertiary/aromatic N) is 1. The Hall–Kier alpha value is -0.250. The molecule has 18 heavy (non-hydrogen) atoms. The van der Waals surface area contributed by atoms with Gasteiger partial charge in [-0.15, -0.1) is 0 Å². The van der Waals surface area contributed by atoms with Crippen molar-refractivity contribution in [1.29, 1.82) is 0 Å². The first-order valence-corrected chi connectivity index (χ1v) is 7.79. The second kappa shape index (κ2) is 6.27. The Kier molecular flexibility index (Phi) is 4.93. The Bertz CT molecular complexity index is 424. The van der Waals surface area contributed by atoms with Crippen molar-refractivity contribution in [3.05, 3.63) is 33.8 Å². The summed E-state index contributed by atoms with van der Waals surface area (Å²) < 4.78 is 0. The van der Waals surface area contributed by atoms with Crippen LogP contribution in [0.5, 0.6) is 0 Å². The summed E-state index contributed by atoms with van der Waals surface area (Å²) >= 11 is 15.3. The first kappa shape index (κ1) is 14.2. The van der Waals surface area contributed by atoms with Gasteiger partial charge >= 0.3 is 0 Å². The summed E-state index contributed by atoms with van der Waals surface area (Å²) in [6, 6.07) is 4.98. The van der Waals surface area contributed by atoms with Gasteiger partial charge in [0, 0.05) is 34.0 Å². The number of hydrogen-bond donors (Lipinski definition) is 0. The van der Waals surface area contributed by atoms with Crippen molar-refractivity contribution in [2.75, 3.05) is 18.4 Å². The molecule has 1 aromatic carbocycles. The van der Waals surface area contributed by atoms with E-state index in [2.05, 4.69) is 15.9 Å². The fourth-order valence-corrected chi connectivity index (χ4v) is 3.32. The van der Waals surface area contributed by atoms with Crippen molar-refractivity contribution >= 4 is 45.0 Å². The Labute approximate surface area is 125 Å². The highest BCUT2D eigenvalue weighted by atomic mass is 79.9. The Morgan fingerprint density at radius 1 is 1.22 bits per heavy atom. The molecular weight excluding hydrogens is 337 g/mol. The molecule has 0 bridgehead atoms. The van der Waals surface area contributed by atoms with Gasteiger partial charge in [-0.1, -0.05) is 39.1 Å². The molecule has 98 valence electrons. The van der Waals surface area contributed by atoms with Crippen LogP contribution in [0.3, 0.4) is 0 Å². The highest BCUT2D eigenvalue weighted by molar-refractivity contribution is 9.09. The minimum absolute atomic E-state index is 0.0208. The van der Waals surface area contributed by atoms with Gasteiger partial charge in [0.05, 0.1) is 0 Å². The molecule has 1 aliphatic heterocycles. The van der Waals surface area contributed by atoms with Crippen LogP contribution in [-0.4, -0.2) is 29.2 Å². The van der Waals surface area contributed by atoms with E-state index in [1.54, 1.807) is 18.2 Å². The van der Waals surface area contributed by atoms with E-state index in [1.165, 1.54) is 0 Å². The second-order valence-electron chi connectivity index (χ2n) is 4.55. The molecule has 1 fully saturated rings. The molecule has 0 N–H and O–H groups in total. The zero-order chi connectivity index (χ0) is 13.1. The SMILES string of the molecule is O=C(c1cc(Cl)cc(Cl)c1)N1CCC(CBr)CC1. The predicted molar refractivity (Wildman–Crippen MR) is 78.9 cm³/mol. The highest BCUT2D eigenvalue weighted by Crippen LogP contribution is 2.23. The van der Waals surface area contributed by atoms with Crippen LogP contribution in [-0.2, 0) is 0 Å². The second-order valence-corrected chi connectivity index (χ2v) is 6.07. The van der Waals surface area contributed by atoms with Crippen LogP contribution in [0.1, 0.15) is 23.2 Å². The first-order valence-electron chi connectivity index (χ1n) is 5.91. The molecular formula is C13H14BrCl2NO. The summed E-state index contributed by atoms with van der Waals surface area (Å²) in [6.07, 6.45) is 2.09. The van der Waals surface area contributed by atoms with Crippen molar-refractivity contribution in [3.63, 3.8) is 0 Å². The van der Waals surface area contributed by atoms with Gasteiger partial charge in [0.25, 0.3) is 5.91 Å². The van der Waals surface area contributed by atoms with E-state index in [0.29, 0.717) is 21.5 Å². The van der Waals surface area contributed by atoms with Gasteiger partial charge in [0.1, 0.15) is 0 Å². The van der Waals surface area contributed by atoms with Gasteiger partial charge in [0.2, 0.25) is 0 Å². The van der Waals surface area contributed by atoms with Crippen LogP contribution >= 0.6 is 39.1 Å². The molecule has 1 heterocycles. The average molecular weight is 351 g/mol. The highest BCUT2D eigenvalue weighted by Gasteiger charge is 2.23. The van der Waals surface area contributed by atoms with E-state index < -0.39 is 0 Å². The summed E-state index contributed by atoms with van der Waals surface area (Å²) in [6.45, 7) is 1.61. The fraction of sp³-hybridized carbons (Fsp3) is 0.462. The van der Waals surface area contributed by atoms with Crippen molar-refractivity contribution in [2.24, 2.45) is 5.92 Å². The van der Waals surface area contributed by atoms with Crippen LogP contribution in [0, 0.1) is 5.92 Å². The molecule has 1 saturated heterocycles. The summed E-state index contributed by atoms with van der Waals surface area (Å²) in [5.74, 6) is 0.699. The lowest BCUT2D eigenvalue weighted by Gasteiger charge is -2.31. The van der Waals surface area contributed by atoms with Crippen molar-refractivity contribution < 1.29 is 4.79 Å². The number of hydrogen-bond acceptors (Lipinski definition) is 1. The molecule has 2 nitrogen and oxygen atoms in total. The van der Waals surface area contributed by atoms with Crippen molar-refractivity contribution in [1.82, 2.24) is 4.90 Å². The topological polar surface area (TPSA) is 20.3 Å². The van der Waals surface area contributed by atoms with Crippen molar-refractivity contribution in [2.45, 2.75) is 12.8 Å². The molecule has 0 radical (unpaired) electrons. The lowest BCUT2D eigenvalue weighted by molar-refractivity contribution is 0.0699. The summed E-state index contributed by atoms with van der Waals surface area (Å²) in [5, 5.41) is 2.01. The maximum absolute atomic E-state index is 12.3. The number of carbonyl (C=O) groups excluding carboxylic acids is 1. The standard InChI is InChI=1S/C13H14BrCl2NO/c14-8-9-1-3-17(4-2-9)13(18)10-5-11(15)7-12(16)6-10/h5-7,9H,1-4,8H2. The van der Waals surface area contributed by atoms with Crippen LogP contribution in [0.2, 0.25) is 10.0 Å². The average Bonchev–Trinajstić information content (AvgIpc) is 2.37. The van der Waals surface area contributed by atoms with Gasteiger partial charge < -0.3 is 4.90 Å². The van der Waals surface area contributed by atoms with Crippen LogP contribution in [0.15, 0.2) is 18.2 Å². The third-order valence-electron chi connectivity index (χ3n) is 3.23. The third-order valence-corrected chi connectivity index (χ3v) is 4.58. The Balaban J connectivity index is 2.07. The summed E-state index contributed by atoms with van der Waals surface area (Å²) in [5.41, 5.74) is 0.574. The molecule has 0 aromatic heterocycles. The molecule has 5 heteroatoms. The Morgan fingerprint density at radius 2 is 1.78 bits per heavy atom. The predicted octanol–water partition coefficient (Wildman–Crippen LogP) is 4.24. The van der Waals surface area contributed by atoms with E-state index in [9.17, 15) is 4.79 Å². The largest absolute Gasteiger partial charge is 0.339 e. The first-order chi connectivity index (χ1) is 8.60. The molecule has 0 saturated carbocycles. The lowest BCUT2D eigenvalue weighted by atomic mass is 9.98. The van der Waals surface area contributed by atoms with Gasteiger partial charge in [-0.3, -0.25) is 4.79 Å². The van der Waals surface area contributed by atoms with E-state index >= 15 is 0 Å². The van der Waals surface area contributed by atoms with Crippen LogP contribution in [0.25, 0.3) is 0 Å². The number of rotatable bonds is 2. The zero-order valence-corrected chi connectivity index (χ0v) is 12.9.